The zero-order valence-corrected chi connectivity index (χ0v) is 10.6. The highest BCUT2D eigenvalue weighted by Gasteiger charge is 2.29. The van der Waals surface area contributed by atoms with Gasteiger partial charge >= 0.3 is 0 Å². The van der Waals surface area contributed by atoms with Crippen LogP contribution in [0.3, 0.4) is 0 Å². The van der Waals surface area contributed by atoms with Crippen molar-refractivity contribution in [2.24, 2.45) is 5.73 Å². The van der Waals surface area contributed by atoms with E-state index in [1.165, 1.54) is 6.42 Å². The summed E-state index contributed by atoms with van der Waals surface area (Å²) >= 11 is 0. The molecule has 5 nitrogen and oxygen atoms in total. The summed E-state index contributed by atoms with van der Waals surface area (Å²) in [6.07, 6.45) is 4.58. The highest BCUT2D eigenvalue weighted by molar-refractivity contribution is 5.07. The zero-order chi connectivity index (χ0) is 12.3. The van der Waals surface area contributed by atoms with Crippen LogP contribution in [0.2, 0.25) is 0 Å². The Hall–Kier alpha value is -1.04. The number of nitrogens with two attached hydrogens (primary N) is 1. The van der Waals surface area contributed by atoms with Crippen LogP contribution >= 0.6 is 0 Å². The molecule has 2 atom stereocenters. The SMILES string of the molecule is CN(C)C1CCN(C(CN)c2ccncn2)C1. The number of nitrogens with zero attached hydrogens (tertiary/aromatic N) is 4. The quantitative estimate of drug-likeness (QED) is 0.803. The number of hydrogen-bond donors (Lipinski definition) is 1. The lowest BCUT2D eigenvalue weighted by molar-refractivity contribution is 0.217. The van der Waals surface area contributed by atoms with Gasteiger partial charge in [-0.2, -0.15) is 0 Å². The van der Waals surface area contributed by atoms with Gasteiger partial charge in [-0.1, -0.05) is 0 Å². The Balaban J connectivity index is 2.06. The molecule has 0 spiro atoms. The third-order valence-electron chi connectivity index (χ3n) is 3.54. The number of rotatable bonds is 4. The average Bonchev–Trinajstić information content (AvgIpc) is 2.81. The van der Waals surface area contributed by atoms with Crippen molar-refractivity contribution in [2.45, 2.75) is 18.5 Å². The summed E-state index contributed by atoms with van der Waals surface area (Å²) in [6, 6.07) is 2.81. The van der Waals surface area contributed by atoms with Gasteiger partial charge in [0, 0.05) is 31.9 Å². The highest BCUT2D eigenvalue weighted by atomic mass is 15.3. The molecule has 0 aliphatic carbocycles. The predicted molar refractivity (Wildman–Crippen MR) is 67.5 cm³/mol. The minimum Gasteiger partial charge on any atom is -0.329 e. The molecular formula is C12H21N5. The van der Waals surface area contributed by atoms with Crippen LogP contribution in [0.1, 0.15) is 18.2 Å². The van der Waals surface area contributed by atoms with Crippen molar-refractivity contribution in [1.29, 1.82) is 0 Å². The lowest BCUT2D eigenvalue weighted by atomic mass is 10.2. The van der Waals surface area contributed by atoms with Gasteiger partial charge in [-0.05, 0) is 26.6 Å². The third-order valence-corrected chi connectivity index (χ3v) is 3.54. The first-order chi connectivity index (χ1) is 8.22. The molecular weight excluding hydrogens is 214 g/mol. The van der Waals surface area contributed by atoms with Crippen LogP contribution in [-0.2, 0) is 0 Å². The van der Waals surface area contributed by atoms with E-state index in [0.717, 1.165) is 18.8 Å². The smallest absolute Gasteiger partial charge is 0.115 e. The number of likely N-dealkylation sites (N-methyl/N-ethyl adjacent to an activating group) is 1. The van der Waals surface area contributed by atoms with Gasteiger partial charge in [-0.15, -0.1) is 0 Å². The van der Waals surface area contributed by atoms with Gasteiger partial charge in [-0.3, -0.25) is 4.90 Å². The largest absolute Gasteiger partial charge is 0.329 e. The van der Waals surface area contributed by atoms with Crippen molar-refractivity contribution in [3.8, 4) is 0 Å². The lowest BCUT2D eigenvalue weighted by Gasteiger charge is -2.27. The number of hydrogen-bond acceptors (Lipinski definition) is 5. The van der Waals surface area contributed by atoms with Crippen molar-refractivity contribution in [3.05, 3.63) is 24.3 Å². The molecule has 5 heteroatoms. The van der Waals surface area contributed by atoms with E-state index in [4.69, 9.17) is 5.73 Å². The topological polar surface area (TPSA) is 58.3 Å². The van der Waals surface area contributed by atoms with E-state index >= 15 is 0 Å². The van der Waals surface area contributed by atoms with Gasteiger partial charge in [-0.25, -0.2) is 9.97 Å². The van der Waals surface area contributed by atoms with Gasteiger partial charge in [0.25, 0.3) is 0 Å². The Bertz CT molecular complexity index is 340. The van der Waals surface area contributed by atoms with Crippen LogP contribution in [0.4, 0.5) is 0 Å². The van der Waals surface area contributed by atoms with E-state index < -0.39 is 0 Å². The normalized spacial score (nSPS) is 23.2. The van der Waals surface area contributed by atoms with Crippen LogP contribution in [0.15, 0.2) is 18.6 Å². The fraction of sp³-hybridized carbons (Fsp3) is 0.667. The van der Waals surface area contributed by atoms with Crippen LogP contribution < -0.4 is 5.73 Å². The molecule has 1 fully saturated rings. The predicted octanol–water partition coefficient (Wildman–Crippen LogP) is 0.112. The molecule has 94 valence electrons. The molecule has 0 aromatic carbocycles. The van der Waals surface area contributed by atoms with Crippen LogP contribution in [0.25, 0.3) is 0 Å². The van der Waals surface area contributed by atoms with E-state index in [-0.39, 0.29) is 6.04 Å². The van der Waals surface area contributed by atoms with E-state index in [1.54, 1.807) is 12.5 Å². The fourth-order valence-electron chi connectivity index (χ4n) is 2.43. The molecule has 17 heavy (non-hydrogen) atoms. The number of aromatic nitrogens is 2. The molecule has 2 heterocycles. The maximum atomic E-state index is 5.89. The molecule has 0 saturated carbocycles. The first kappa shape index (κ1) is 12.4. The Morgan fingerprint density at radius 1 is 1.59 bits per heavy atom. The third kappa shape index (κ3) is 2.80. The van der Waals surface area contributed by atoms with Gasteiger partial charge < -0.3 is 10.6 Å². The van der Waals surface area contributed by atoms with Gasteiger partial charge in [0.2, 0.25) is 0 Å². The first-order valence-corrected chi connectivity index (χ1v) is 6.09. The standard InChI is InChI=1S/C12H21N5/c1-16(2)10-4-6-17(8-10)12(7-13)11-3-5-14-9-15-11/h3,5,9-10,12H,4,6-8,13H2,1-2H3. The molecule has 0 bridgehead atoms. The molecule has 1 aliphatic heterocycles. The summed E-state index contributed by atoms with van der Waals surface area (Å²) in [6.45, 7) is 2.77. The van der Waals surface area contributed by atoms with E-state index in [1.807, 2.05) is 6.07 Å². The van der Waals surface area contributed by atoms with Crippen LogP contribution in [0, 0.1) is 0 Å². The summed E-state index contributed by atoms with van der Waals surface area (Å²) in [4.78, 5) is 13.0. The van der Waals surface area contributed by atoms with E-state index in [0.29, 0.717) is 12.6 Å². The molecule has 1 aromatic heterocycles. The maximum absolute atomic E-state index is 5.89. The Morgan fingerprint density at radius 2 is 2.41 bits per heavy atom. The van der Waals surface area contributed by atoms with E-state index in [9.17, 15) is 0 Å². The minimum atomic E-state index is 0.225. The van der Waals surface area contributed by atoms with E-state index in [2.05, 4.69) is 33.9 Å². The monoisotopic (exact) mass is 235 g/mol. The molecule has 2 rings (SSSR count). The van der Waals surface area contributed by atoms with Gasteiger partial charge in [0.05, 0.1) is 11.7 Å². The Morgan fingerprint density at radius 3 is 2.94 bits per heavy atom. The molecule has 2 N–H and O–H groups in total. The Kier molecular flexibility index (Phi) is 4.04. The molecule has 0 amide bonds. The van der Waals surface area contributed by atoms with Crippen molar-refractivity contribution < 1.29 is 0 Å². The van der Waals surface area contributed by atoms with Crippen LogP contribution in [0.5, 0.6) is 0 Å². The van der Waals surface area contributed by atoms with Gasteiger partial charge in [0.15, 0.2) is 0 Å². The molecule has 0 radical (unpaired) electrons. The molecule has 1 aliphatic rings. The van der Waals surface area contributed by atoms with Crippen molar-refractivity contribution in [3.63, 3.8) is 0 Å². The van der Waals surface area contributed by atoms with Crippen molar-refractivity contribution in [1.82, 2.24) is 19.8 Å². The molecule has 1 saturated heterocycles. The summed E-state index contributed by atoms with van der Waals surface area (Å²) in [5, 5.41) is 0. The fourth-order valence-corrected chi connectivity index (χ4v) is 2.43. The summed E-state index contributed by atoms with van der Waals surface area (Å²) in [5.74, 6) is 0. The zero-order valence-electron chi connectivity index (χ0n) is 10.6. The molecule has 2 unspecified atom stereocenters. The second kappa shape index (κ2) is 5.53. The van der Waals surface area contributed by atoms with Crippen molar-refractivity contribution >= 4 is 0 Å². The van der Waals surface area contributed by atoms with Crippen molar-refractivity contribution in [2.75, 3.05) is 33.7 Å². The van der Waals surface area contributed by atoms with Gasteiger partial charge in [0.1, 0.15) is 6.33 Å². The second-order valence-electron chi connectivity index (χ2n) is 4.79. The lowest BCUT2D eigenvalue weighted by Crippen LogP contribution is -2.36. The molecule has 1 aromatic rings. The highest BCUT2D eigenvalue weighted by Crippen LogP contribution is 2.24. The second-order valence-corrected chi connectivity index (χ2v) is 4.79. The Labute approximate surface area is 103 Å². The summed E-state index contributed by atoms with van der Waals surface area (Å²) in [5.41, 5.74) is 6.92. The van der Waals surface area contributed by atoms with Crippen LogP contribution in [-0.4, -0.2) is 59.5 Å². The maximum Gasteiger partial charge on any atom is 0.115 e. The number of likely N-dealkylation sites (tertiary alicyclic amines) is 1. The summed E-state index contributed by atoms with van der Waals surface area (Å²) < 4.78 is 0. The first-order valence-electron chi connectivity index (χ1n) is 6.09. The summed E-state index contributed by atoms with van der Waals surface area (Å²) in [7, 11) is 4.27. The average molecular weight is 235 g/mol. The minimum absolute atomic E-state index is 0.225.